The molecule has 0 unspecified atom stereocenters. The van der Waals surface area contributed by atoms with Crippen LogP contribution in [0.3, 0.4) is 0 Å². The first kappa shape index (κ1) is 17.3. The van der Waals surface area contributed by atoms with E-state index < -0.39 is 0 Å². The number of carbonyl (C=O) groups is 1. The molecule has 2 aromatic carbocycles. The first-order valence-corrected chi connectivity index (χ1v) is 8.80. The van der Waals surface area contributed by atoms with Crippen LogP contribution < -0.4 is 15.1 Å². The van der Waals surface area contributed by atoms with Crippen LogP contribution in [0.4, 0.5) is 5.69 Å². The number of anilines is 1. The second-order valence-corrected chi connectivity index (χ2v) is 6.63. The molecule has 1 aliphatic heterocycles. The lowest BCUT2D eigenvalue weighted by Gasteiger charge is -2.33. The monoisotopic (exact) mass is 340 g/mol. The van der Waals surface area contributed by atoms with Crippen LogP contribution in [-0.4, -0.2) is 43.7 Å². The number of benzene rings is 2. The number of aromatic hydroxyl groups is 1. The smallest absolute Gasteiger partial charge is 0.275 e. The Hall–Kier alpha value is -2.53. The van der Waals surface area contributed by atoms with Crippen molar-refractivity contribution in [1.82, 2.24) is 5.32 Å². The number of phenols is 1. The number of hydrogen-bond donors (Lipinski definition) is 3. The molecule has 0 radical (unpaired) electrons. The van der Waals surface area contributed by atoms with Crippen LogP contribution in [0.5, 0.6) is 5.75 Å². The van der Waals surface area contributed by atoms with Gasteiger partial charge in [0, 0.05) is 12.2 Å². The first-order chi connectivity index (χ1) is 12.1. The van der Waals surface area contributed by atoms with Crippen molar-refractivity contribution < 1.29 is 14.8 Å². The molecule has 3 N–H and O–H groups in total. The largest absolute Gasteiger partial charge is 0.508 e. The van der Waals surface area contributed by atoms with Gasteiger partial charge >= 0.3 is 0 Å². The number of hydrogen-bond acceptors (Lipinski definition) is 3. The minimum Gasteiger partial charge on any atom is -0.508 e. The Bertz CT molecular complexity index is 707. The molecular weight excluding hydrogens is 314 g/mol. The molecule has 0 aromatic heterocycles. The van der Waals surface area contributed by atoms with Crippen LogP contribution >= 0.6 is 0 Å². The summed E-state index contributed by atoms with van der Waals surface area (Å²) in [5.41, 5.74) is 3.50. The molecule has 0 atom stereocenters. The zero-order valence-electron chi connectivity index (χ0n) is 14.7. The first-order valence-electron chi connectivity index (χ1n) is 8.80. The van der Waals surface area contributed by atoms with Crippen LogP contribution in [0.25, 0.3) is 0 Å². The van der Waals surface area contributed by atoms with Gasteiger partial charge in [0.25, 0.3) is 5.91 Å². The van der Waals surface area contributed by atoms with Crippen molar-refractivity contribution in [3.8, 4) is 5.75 Å². The van der Waals surface area contributed by atoms with E-state index in [0.29, 0.717) is 18.8 Å². The fourth-order valence-electron chi connectivity index (χ4n) is 3.21. The second kappa shape index (κ2) is 8.03. The maximum atomic E-state index is 12.2. The molecule has 1 heterocycles. The third kappa shape index (κ3) is 4.73. The van der Waals surface area contributed by atoms with Gasteiger partial charge in [-0.15, -0.1) is 0 Å². The average molecular weight is 340 g/mol. The van der Waals surface area contributed by atoms with Crippen LogP contribution in [0.2, 0.25) is 0 Å². The van der Waals surface area contributed by atoms with Crippen molar-refractivity contribution in [2.45, 2.75) is 13.5 Å². The molecule has 5 heteroatoms. The van der Waals surface area contributed by atoms with Crippen LogP contribution in [-0.2, 0) is 11.3 Å². The average Bonchev–Trinajstić information content (AvgIpc) is 2.62. The predicted octanol–water partition coefficient (Wildman–Crippen LogP) is 0.722. The molecule has 1 amide bonds. The molecule has 0 bridgehead atoms. The number of nitrogens with zero attached hydrogens (tertiary/aromatic N) is 1. The SMILES string of the molecule is Cc1ccccc1CNC(=O)C[NH+]1CCN(c2ccc(O)cc2)CC1. The van der Waals surface area contributed by atoms with Gasteiger partial charge in [0.05, 0.1) is 26.2 Å². The van der Waals surface area contributed by atoms with E-state index in [4.69, 9.17) is 0 Å². The molecule has 2 aromatic rings. The lowest BCUT2D eigenvalue weighted by atomic mass is 10.1. The van der Waals surface area contributed by atoms with E-state index in [2.05, 4.69) is 29.3 Å². The highest BCUT2D eigenvalue weighted by Gasteiger charge is 2.22. The van der Waals surface area contributed by atoms with Crippen molar-refractivity contribution in [3.63, 3.8) is 0 Å². The van der Waals surface area contributed by atoms with E-state index >= 15 is 0 Å². The summed E-state index contributed by atoms with van der Waals surface area (Å²) >= 11 is 0. The zero-order chi connectivity index (χ0) is 17.6. The summed E-state index contributed by atoms with van der Waals surface area (Å²) in [6.45, 7) is 6.91. The normalized spacial score (nSPS) is 15.2. The Balaban J connectivity index is 1.43. The summed E-state index contributed by atoms with van der Waals surface area (Å²) in [5, 5.41) is 12.4. The van der Waals surface area contributed by atoms with Gasteiger partial charge in [-0.05, 0) is 42.3 Å². The summed E-state index contributed by atoms with van der Waals surface area (Å²) in [5.74, 6) is 0.398. The molecular formula is C20H26N3O2+. The summed E-state index contributed by atoms with van der Waals surface area (Å²) in [6, 6.07) is 15.4. The molecule has 0 spiro atoms. The maximum Gasteiger partial charge on any atom is 0.275 e. The molecule has 3 rings (SSSR count). The van der Waals surface area contributed by atoms with Crippen LogP contribution in [0.15, 0.2) is 48.5 Å². The lowest BCUT2D eigenvalue weighted by molar-refractivity contribution is -0.892. The number of phenolic OH excluding ortho intramolecular Hbond substituents is 1. The predicted molar refractivity (Wildman–Crippen MR) is 98.9 cm³/mol. The Kier molecular flexibility index (Phi) is 5.56. The summed E-state index contributed by atoms with van der Waals surface area (Å²) < 4.78 is 0. The Morgan fingerprint density at radius 3 is 2.48 bits per heavy atom. The van der Waals surface area contributed by atoms with Crippen LogP contribution in [0, 0.1) is 6.92 Å². The van der Waals surface area contributed by atoms with Gasteiger partial charge in [-0.1, -0.05) is 24.3 Å². The van der Waals surface area contributed by atoms with E-state index in [1.54, 1.807) is 12.1 Å². The van der Waals surface area contributed by atoms with Gasteiger partial charge in [0.2, 0.25) is 0 Å². The fraction of sp³-hybridized carbons (Fsp3) is 0.350. The van der Waals surface area contributed by atoms with Crippen molar-refractivity contribution in [2.24, 2.45) is 0 Å². The number of rotatable bonds is 5. The van der Waals surface area contributed by atoms with Gasteiger partial charge in [-0.2, -0.15) is 0 Å². The third-order valence-corrected chi connectivity index (χ3v) is 4.83. The van der Waals surface area contributed by atoms with Gasteiger partial charge in [0.15, 0.2) is 6.54 Å². The molecule has 1 saturated heterocycles. The van der Waals surface area contributed by atoms with E-state index in [0.717, 1.165) is 31.9 Å². The fourth-order valence-corrected chi connectivity index (χ4v) is 3.21. The second-order valence-electron chi connectivity index (χ2n) is 6.63. The number of quaternary nitrogens is 1. The summed E-state index contributed by atoms with van der Waals surface area (Å²) in [7, 11) is 0. The molecule has 1 aliphatic rings. The zero-order valence-corrected chi connectivity index (χ0v) is 14.7. The van der Waals surface area contributed by atoms with Gasteiger partial charge < -0.3 is 20.2 Å². The maximum absolute atomic E-state index is 12.2. The van der Waals surface area contributed by atoms with E-state index in [-0.39, 0.29) is 5.91 Å². The summed E-state index contributed by atoms with van der Waals surface area (Å²) in [4.78, 5) is 15.8. The number of amides is 1. The minimum atomic E-state index is 0.108. The van der Waals surface area contributed by atoms with Crippen molar-refractivity contribution in [1.29, 1.82) is 0 Å². The molecule has 5 nitrogen and oxygen atoms in total. The van der Waals surface area contributed by atoms with Gasteiger partial charge in [-0.25, -0.2) is 0 Å². The highest BCUT2D eigenvalue weighted by atomic mass is 16.3. The summed E-state index contributed by atoms with van der Waals surface area (Å²) in [6.07, 6.45) is 0. The number of piperazine rings is 1. The lowest BCUT2D eigenvalue weighted by Crippen LogP contribution is -3.15. The minimum absolute atomic E-state index is 0.108. The number of aryl methyl sites for hydroxylation is 1. The third-order valence-electron chi connectivity index (χ3n) is 4.83. The molecule has 25 heavy (non-hydrogen) atoms. The van der Waals surface area contributed by atoms with Crippen molar-refractivity contribution in [2.75, 3.05) is 37.6 Å². The van der Waals surface area contributed by atoms with E-state index in [9.17, 15) is 9.90 Å². The highest BCUT2D eigenvalue weighted by Crippen LogP contribution is 2.18. The van der Waals surface area contributed by atoms with E-state index in [1.165, 1.54) is 16.0 Å². The molecule has 0 aliphatic carbocycles. The number of carbonyl (C=O) groups excluding carboxylic acids is 1. The van der Waals surface area contributed by atoms with Crippen molar-refractivity contribution in [3.05, 3.63) is 59.7 Å². The van der Waals surface area contributed by atoms with Crippen molar-refractivity contribution >= 4 is 11.6 Å². The van der Waals surface area contributed by atoms with Gasteiger partial charge in [-0.3, -0.25) is 4.79 Å². The number of nitrogens with one attached hydrogen (secondary N) is 2. The Morgan fingerprint density at radius 1 is 1.12 bits per heavy atom. The molecule has 132 valence electrons. The topological polar surface area (TPSA) is 57.0 Å². The standard InChI is InChI=1S/C20H25N3O2/c1-16-4-2-3-5-17(16)14-21-20(25)15-22-10-12-23(13-11-22)18-6-8-19(24)9-7-18/h2-9,24H,10-15H2,1H3,(H,21,25)/p+1. The molecule has 0 saturated carbocycles. The van der Waals surface area contributed by atoms with E-state index in [1.807, 2.05) is 24.3 Å². The highest BCUT2D eigenvalue weighted by molar-refractivity contribution is 5.76. The molecule has 1 fully saturated rings. The Labute approximate surface area is 148 Å². The van der Waals surface area contributed by atoms with Gasteiger partial charge in [0.1, 0.15) is 5.75 Å². The quantitative estimate of drug-likeness (QED) is 0.752. The van der Waals surface area contributed by atoms with Crippen LogP contribution in [0.1, 0.15) is 11.1 Å². The Morgan fingerprint density at radius 2 is 1.80 bits per heavy atom.